The molecule has 25 heavy (non-hydrogen) atoms. The van der Waals surface area contributed by atoms with Crippen molar-refractivity contribution in [2.75, 3.05) is 25.0 Å². The van der Waals surface area contributed by atoms with Crippen LogP contribution < -0.4 is 10.6 Å². The lowest BCUT2D eigenvalue weighted by molar-refractivity contribution is 0.0937. The molecule has 0 spiro atoms. The maximum Gasteiger partial charge on any atom is 0.251 e. The van der Waals surface area contributed by atoms with Gasteiger partial charge in [-0.1, -0.05) is 6.07 Å². The molecule has 2 aromatic rings. The quantitative estimate of drug-likeness (QED) is 0.847. The summed E-state index contributed by atoms with van der Waals surface area (Å²) in [6.45, 7) is 3.26. The SMILES string of the molecule is O=C(N[C@@H]1CCN(CC2CC2)C1)c1cccc(Nc2cnccn2)c1. The molecule has 0 unspecified atom stereocenters. The Balaban J connectivity index is 1.34. The van der Waals surface area contributed by atoms with Crippen molar-refractivity contribution in [2.45, 2.75) is 25.3 Å². The molecule has 1 amide bonds. The molecule has 2 aliphatic rings. The Hall–Kier alpha value is -2.47. The number of benzene rings is 1. The van der Waals surface area contributed by atoms with E-state index in [4.69, 9.17) is 0 Å². The Bertz CT molecular complexity index is 732. The van der Waals surface area contributed by atoms with Crippen LogP contribution in [0.2, 0.25) is 0 Å². The van der Waals surface area contributed by atoms with Crippen molar-refractivity contribution in [3.63, 3.8) is 0 Å². The predicted molar refractivity (Wildman–Crippen MR) is 96.8 cm³/mol. The lowest BCUT2D eigenvalue weighted by Gasteiger charge is -2.16. The van der Waals surface area contributed by atoms with E-state index >= 15 is 0 Å². The van der Waals surface area contributed by atoms with Gasteiger partial charge in [0.15, 0.2) is 0 Å². The fraction of sp³-hybridized carbons (Fsp3) is 0.421. The molecule has 6 nitrogen and oxygen atoms in total. The Morgan fingerprint density at radius 3 is 2.96 bits per heavy atom. The van der Waals surface area contributed by atoms with Crippen LogP contribution in [0.5, 0.6) is 0 Å². The maximum atomic E-state index is 12.6. The minimum Gasteiger partial charge on any atom is -0.348 e. The number of carbonyl (C=O) groups excluding carboxylic acids is 1. The topological polar surface area (TPSA) is 70.2 Å². The molecule has 1 saturated carbocycles. The second kappa shape index (κ2) is 7.19. The molecule has 2 fully saturated rings. The Morgan fingerprint density at radius 1 is 1.24 bits per heavy atom. The number of likely N-dealkylation sites (tertiary alicyclic amines) is 1. The average molecular weight is 337 g/mol. The van der Waals surface area contributed by atoms with Crippen LogP contribution in [-0.2, 0) is 0 Å². The average Bonchev–Trinajstić information content (AvgIpc) is 3.34. The van der Waals surface area contributed by atoms with E-state index in [1.807, 2.05) is 24.3 Å². The van der Waals surface area contributed by atoms with E-state index in [2.05, 4.69) is 25.5 Å². The van der Waals surface area contributed by atoms with Crippen LogP contribution in [0.25, 0.3) is 0 Å². The van der Waals surface area contributed by atoms with Crippen molar-refractivity contribution in [1.29, 1.82) is 0 Å². The summed E-state index contributed by atoms with van der Waals surface area (Å²) in [7, 11) is 0. The molecule has 0 bridgehead atoms. The highest BCUT2D eigenvalue weighted by atomic mass is 16.1. The van der Waals surface area contributed by atoms with Crippen molar-refractivity contribution in [1.82, 2.24) is 20.2 Å². The van der Waals surface area contributed by atoms with Crippen molar-refractivity contribution in [3.8, 4) is 0 Å². The third-order valence-corrected chi connectivity index (χ3v) is 4.78. The van der Waals surface area contributed by atoms with E-state index < -0.39 is 0 Å². The van der Waals surface area contributed by atoms with Crippen molar-refractivity contribution in [3.05, 3.63) is 48.4 Å². The molecule has 1 saturated heterocycles. The Kier molecular flexibility index (Phi) is 4.61. The lowest BCUT2D eigenvalue weighted by Crippen LogP contribution is -2.37. The second-order valence-electron chi connectivity index (χ2n) is 6.96. The van der Waals surface area contributed by atoms with Gasteiger partial charge in [-0.3, -0.25) is 9.78 Å². The number of anilines is 2. The number of nitrogens with one attached hydrogen (secondary N) is 2. The molecule has 2 N–H and O–H groups in total. The van der Waals surface area contributed by atoms with E-state index in [1.54, 1.807) is 18.6 Å². The van der Waals surface area contributed by atoms with Crippen LogP contribution in [0.4, 0.5) is 11.5 Å². The fourth-order valence-corrected chi connectivity index (χ4v) is 3.30. The van der Waals surface area contributed by atoms with Gasteiger partial charge >= 0.3 is 0 Å². The molecule has 1 atom stereocenters. The molecule has 0 radical (unpaired) electrons. The van der Waals surface area contributed by atoms with Crippen LogP contribution in [0, 0.1) is 5.92 Å². The summed E-state index contributed by atoms with van der Waals surface area (Å²) in [5.74, 6) is 1.55. The van der Waals surface area contributed by atoms with E-state index in [0.717, 1.165) is 31.1 Å². The van der Waals surface area contributed by atoms with E-state index in [-0.39, 0.29) is 11.9 Å². The van der Waals surface area contributed by atoms with Crippen molar-refractivity contribution >= 4 is 17.4 Å². The van der Waals surface area contributed by atoms with E-state index in [9.17, 15) is 4.79 Å². The number of aromatic nitrogens is 2. The van der Waals surface area contributed by atoms with Crippen LogP contribution in [0.3, 0.4) is 0 Å². The first-order valence-corrected chi connectivity index (χ1v) is 8.92. The number of rotatable bonds is 6. The summed E-state index contributed by atoms with van der Waals surface area (Å²) in [5, 5.41) is 6.34. The van der Waals surface area contributed by atoms with Crippen molar-refractivity contribution in [2.24, 2.45) is 5.92 Å². The van der Waals surface area contributed by atoms with Gasteiger partial charge in [0.25, 0.3) is 5.91 Å². The van der Waals surface area contributed by atoms with E-state index in [1.165, 1.54) is 19.4 Å². The highest BCUT2D eigenvalue weighted by molar-refractivity contribution is 5.95. The molecule has 6 heteroatoms. The maximum absolute atomic E-state index is 12.6. The molecule has 1 aliphatic heterocycles. The van der Waals surface area contributed by atoms with Gasteiger partial charge in [0.05, 0.1) is 6.20 Å². The number of carbonyl (C=O) groups is 1. The Labute approximate surface area is 147 Å². The summed E-state index contributed by atoms with van der Waals surface area (Å²) in [4.78, 5) is 23.3. The highest BCUT2D eigenvalue weighted by Gasteiger charge is 2.29. The third-order valence-electron chi connectivity index (χ3n) is 4.78. The van der Waals surface area contributed by atoms with E-state index in [0.29, 0.717) is 11.4 Å². The van der Waals surface area contributed by atoms with Gasteiger partial charge in [-0.15, -0.1) is 0 Å². The molecular formula is C19H23N5O. The standard InChI is InChI=1S/C19H23N5O/c25-19(23-17-6-9-24(13-17)12-14-4-5-14)15-2-1-3-16(10-15)22-18-11-20-7-8-21-18/h1-3,7-8,10-11,14,17H,4-6,9,12-13H2,(H,21,22)(H,23,25)/t17-/m1/s1. The number of nitrogens with zero attached hydrogens (tertiary/aromatic N) is 3. The van der Waals surface area contributed by atoms with Gasteiger partial charge < -0.3 is 15.5 Å². The molecule has 1 aliphatic carbocycles. The lowest BCUT2D eigenvalue weighted by atomic mass is 10.1. The zero-order valence-corrected chi connectivity index (χ0v) is 14.2. The van der Waals surface area contributed by atoms with Gasteiger partial charge in [0.1, 0.15) is 5.82 Å². The van der Waals surface area contributed by atoms with Crippen LogP contribution >= 0.6 is 0 Å². The molecule has 4 rings (SSSR count). The zero-order chi connectivity index (χ0) is 17.1. The normalized spacial score (nSPS) is 20.4. The van der Waals surface area contributed by atoms with Gasteiger partial charge in [0, 0.05) is 49.3 Å². The predicted octanol–water partition coefficient (Wildman–Crippen LogP) is 2.43. The fourth-order valence-electron chi connectivity index (χ4n) is 3.30. The molecule has 130 valence electrons. The molecule has 2 heterocycles. The zero-order valence-electron chi connectivity index (χ0n) is 14.2. The summed E-state index contributed by atoms with van der Waals surface area (Å²) < 4.78 is 0. The van der Waals surface area contributed by atoms with Gasteiger partial charge in [-0.2, -0.15) is 0 Å². The minimum absolute atomic E-state index is 0.0129. The first-order chi connectivity index (χ1) is 12.3. The smallest absolute Gasteiger partial charge is 0.251 e. The van der Waals surface area contributed by atoms with Crippen LogP contribution in [-0.4, -0.2) is 46.5 Å². The summed E-state index contributed by atoms with van der Waals surface area (Å²) in [5.41, 5.74) is 1.49. The number of hydrogen-bond donors (Lipinski definition) is 2. The second-order valence-corrected chi connectivity index (χ2v) is 6.96. The number of hydrogen-bond acceptors (Lipinski definition) is 5. The summed E-state index contributed by atoms with van der Waals surface area (Å²) >= 11 is 0. The Morgan fingerprint density at radius 2 is 2.16 bits per heavy atom. The van der Waals surface area contributed by atoms with Crippen LogP contribution in [0.1, 0.15) is 29.6 Å². The van der Waals surface area contributed by atoms with Gasteiger partial charge in [-0.05, 0) is 43.4 Å². The number of amides is 1. The monoisotopic (exact) mass is 337 g/mol. The minimum atomic E-state index is -0.0129. The third kappa shape index (κ3) is 4.33. The largest absolute Gasteiger partial charge is 0.348 e. The first kappa shape index (κ1) is 16.0. The molecule has 1 aromatic heterocycles. The highest BCUT2D eigenvalue weighted by Crippen LogP contribution is 2.30. The van der Waals surface area contributed by atoms with Gasteiger partial charge in [0.2, 0.25) is 0 Å². The van der Waals surface area contributed by atoms with Crippen LogP contribution in [0.15, 0.2) is 42.9 Å². The van der Waals surface area contributed by atoms with Crippen molar-refractivity contribution < 1.29 is 4.79 Å². The summed E-state index contributed by atoms with van der Waals surface area (Å²) in [6.07, 6.45) is 8.70. The van der Waals surface area contributed by atoms with Gasteiger partial charge in [-0.25, -0.2) is 4.98 Å². The first-order valence-electron chi connectivity index (χ1n) is 8.92. The molecular weight excluding hydrogens is 314 g/mol. The molecule has 1 aromatic carbocycles. The summed E-state index contributed by atoms with van der Waals surface area (Å²) in [6, 6.07) is 7.73.